The standard InChI is InChI=1S/C12H20N4O/c1-2-4-11-14-7-10(17-11)8-15-12(13)16-9-5-3-6-9/h7,9H,2-6,8H2,1H3,(H3,13,15,16). The van der Waals surface area contributed by atoms with Crippen LogP contribution in [0, 0.1) is 0 Å². The van der Waals surface area contributed by atoms with E-state index >= 15 is 0 Å². The first-order valence-corrected chi connectivity index (χ1v) is 6.28. The van der Waals surface area contributed by atoms with Crippen molar-refractivity contribution in [3.05, 3.63) is 17.8 Å². The Labute approximate surface area is 102 Å². The number of aromatic nitrogens is 1. The Balaban J connectivity index is 1.80. The second-order valence-corrected chi connectivity index (χ2v) is 4.44. The molecular formula is C12H20N4O. The summed E-state index contributed by atoms with van der Waals surface area (Å²) in [6.07, 6.45) is 7.31. The van der Waals surface area contributed by atoms with Crippen LogP contribution in [0.1, 0.15) is 44.3 Å². The highest BCUT2D eigenvalue weighted by Crippen LogP contribution is 2.17. The summed E-state index contributed by atoms with van der Waals surface area (Å²) in [5, 5.41) is 3.18. The minimum absolute atomic E-state index is 0.461. The van der Waals surface area contributed by atoms with E-state index in [1.807, 2.05) is 0 Å². The van der Waals surface area contributed by atoms with Gasteiger partial charge in [-0.05, 0) is 25.7 Å². The smallest absolute Gasteiger partial charge is 0.194 e. The first-order chi connectivity index (χ1) is 8.28. The van der Waals surface area contributed by atoms with E-state index < -0.39 is 0 Å². The average molecular weight is 236 g/mol. The predicted octanol–water partition coefficient (Wildman–Crippen LogP) is 1.58. The second-order valence-electron chi connectivity index (χ2n) is 4.44. The third-order valence-corrected chi connectivity index (χ3v) is 2.93. The molecule has 1 saturated carbocycles. The van der Waals surface area contributed by atoms with Gasteiger partial charge in [0.15, 0.2) is 11.9 Å². The van der Waals surface area contributed by atoms with Crippen molar-refractivity contribution in [2.24, 2.45) is 10.7 Å². The summed E-state index contributed by atoms with van der Waals surface area (Å²) in [6, 6.07) is 0.518. The van der Waals surface area contributed by atoms with Crippen molar-refractivity contribution in [1.82, 2.24) is 10.3 Å². The number of nitrogens with two attached hydrogens (primary N) is 1. The van der Waals surface area contributed by atoms with Crippen molar-refractivity contribution < 1.29 is 4.42 Å². The summed E-state index contributed by atoms with van der Waals surface area (Å²) in [5.74, 6) is 2.05. The molecule has 2 rings (SSSR count). The molecule has 0 unspecified atom stereocenters. The number of nitrogens with one attached hydrogen (secondary N) is 1. The van der Waals surface area contributed by atoms with E-state index in [1.165, 1.54) is 19.3 Å². The highest BCUT2D eigenvalue weighted by molar-refractivity contribution is 5.78. The van der Waals surface area contributed by atoms with Crippen LogP contribution in [0.15, 0.2) is 15.6 Å². The number of hydrogen-bond donors (Lipinski definition) is 2. The number of rotatable bonds is 5. The molecule has 5 heteroatoms. The Kier molecular flexibility index (Phi) is 4.01. The van der Waals surface area contributed by atoms with Crippen LogP contribution in [0.2, 0.25) is 0 Å². The number of aryl methyl sites for hydroxylation is 1. The number of oxazole rings is 1. The van der Waals surface area contributed by atoms with E-state index in [-0.39, 0.29) is 0 Å². The van der Waals surface area contributed by atoms with Gasteiger partial charge < -0.3 is 15.5 Å². The number of hydrogen-bond acceptors (Lipinski definition) is 3. The molecule has 1 heterocycles. The molecule has 0 aliphatic heterocycles. The molecule has 0 spiro atoms. The van der Waals surface area contributed by atoms with Gasteiger partial charge in [0.1, 0.15) is 12.3 Å². The Morgan fingerprint density at radius 2 is 2.47 bits per heavy atom. The molecular weight excluding hydrogens is 216 g/mol. The molecule has 0 amide bonds. The van der Waals surface area contributed by atoms with Crippen molar-refractivity contribution >= 4 is 5.96 Å². The van der Waals surface area contributed by atoms with Gasteiger partial charge >= 0.3 is 0 Å². The summed E-state index contributed by atoms with van der Waals surface area (Å²) in [7, 11) is 0. The molecule has 17 heavy (non-hydrogen) atoms. The molecule has 1 aromatic heterocycles. The Morgan fingerprint density at radius 3 is 3.12 bits per heavy atom. The van der Waals surface area contributed by atoms with Crippen LogP contribution in [0.4, 0.5) is 0 Å². The topological polar surface area (TPSA) is 76.4 Å². The van der Waals surface area contributed by atoms with Crippen LogP contribution in [0.3, 0.4) is 0 Å². The second kappa shape index (κ2) is 5.70. The zero-order valence-corrected chi connectivity index (χ0v) is 10.3. The minimum Gasteiger partial charge on any atom is -0.444 e. The third kappa shape index (κ3) is 3.47. The summed E-state index contributed by atoms with van der Waals surface area (Å²) in [6.45, 7) is 2.56. The maximum absolute atomic E-state index is 5.77. The molecule has 0 radical (unpaired) electrons. The van der Waals surface area contributed by atoms with Crippen molar-refractivity contribution in [3.63, 3.8) is 0 Å². The van der Waals surface area contributed by atoms with Crippen molar-refractivity contribution in [2.75, 3.05) is 0 Å². The van der Waals surface area contributed by atoms with Gasteiger partial charge in [-0.25, -0.2) is 9.98 Å². The molecule has 3 N–H and O–H groups in total. The maximum atomic E-state index is 5.77. The van der Waals surface area contributed by atoms with E-state index in [4.69, 9.17) is 10.2 Å². The van der Waals surface area contributed by atoms with Gasteiger partial charge in [0.05, 0.1) is 6.20 Å². The fraction of sp³-hybridized carbons (Fsp3) is 0.667. The quantitative estimate of drug-likeness (QED) is 0.601. The van der Waals surface area contributed by atoms with Gasteiger partial charge in [-0.15, -0.1) is 0 Å². The molecule has 94 valence electrons. The van der Waals surface area contributed by atoms with Gasteiger partial charge in [-0.3, -0.25) is 0 Å². The number of aliphatic imine (C=N–C) groups is 1. The van der Waals surface area contributed by atoms with Crippen LogP contribution in [0.25, 0.3) is 0 Å². The maximum Gasteiger partial charge on any atom is 0.194 e. The number of nitrogens with zero attached hydrogens (tertiary/aromatic N) is 2. The Hall–Kier alpha value is -1.52. The number of guanidine groups is 1. The van der Waals surface area contributed by atoms with E-state index in [0.29, 0.717) is 18.5 Å². The fourth-order valence-electron chi connectivity index (χ4n) is 1.72. The van der Waals surface area contributed by atoms with E-state index in [0.717, 1.165) is 24.5 Å². The van der Waals surface area contributed by atoms with Crippen LogP contribution >= 0.6 is 0 Å². The Morgan fingerprint density at radius 1 is 1.65 bits per heavy atom. The van der Waals surface area contributed by atoms with E-state index in [9.17, 15) is 0 Å². The lowest BCUT2D eigenvalue weighted by atomic mass is 9.93. The molecule has 0 atom stereocenters. The summed E-state index contributed by atoms with van der Waals surface area (Å²) in [4.78, 5) is 8.41. The molecule has 1 aliphatic rings. The van der Waals surface area contributed by atoms with Gasteiger partial charge in [0.2, 0.25) is 0 Å². The van der Waals surface area contributed by atoms with Crippen LogP contribution in [-0.2, 0) is 13.0 Å². The van der Waals surface area contributed by atoms with Crippen molar-refractivity contribution in [1.29, 1.82) is 0 Å². The molecule has 0 aromatic carbocycles. The molecule has 1 aliphatic carbocycles. The first-order valence-electron chi connectivity index (χ1n) is 6.28. The molecule has 0 saturated heterocycles. The van der Waals surface area contributed by atoms with Gasteiger partial charge in [0, 0.05) is 12.5 Å². The zero-order chi connectivity index (χ0) is 12.1. The lowest BCUT2D eigenvalue weighted by Gasteiger charge is -2.26. The summed E-state index contributed by atoms with van der Waals surface area (Å²) in [5.41, 5.74) is 5.77. The Bertz CT molecular complexity index is 382. The highest BCUT2D eigenvalue weighted by atomic mass is 16.4. The lowest BCUT2D eigenvalue weighted by Crippen LogP contribution is -2.43. The summed E-state index contributed by atoms with van der Waals surface area (Å²) >= 11 is 0. The largest absolute Gasteiger partial charge is 0.444 e. The predicted molar refractivity (Wildman–Crippen MR) is 66.6 cm³/mol. The molecule has 0 bridgehead atoms. The third-order valence-electron chi connectivity index (χ3n) is 2.93. The monoisotopic (exact) mass is 236 g/mol. The van der Waals surface area contributed by atoms with Crippen molar-refractivity contribution in [3.8, 4) is 0 Å². The SMILES string of the molecule is CCCc1ncc(CN=C(N)NC2CCC2)o1. The van der Waals surface area contributed by atoms with Crippen LogP contribution in [0.5, 0.6) is 0 Å². The highest BCUT2D eigenvalue weighted by Gasteiger charge is 2.17. The zero-order valence-electron chi connectivity index (χ0n) is 10.3. The van der Waals surface area contributed by atoms with Crippen LogP contribution < -0.4 is 11.1 Å². The average Bonchev–Trinajstić information content (AvgIpc) is 2.69. The lowest BCUT2D eigenvalue weighted by molar-refractivity contribution is 0.381. The summed E-state index contributed by atoms with van der Waals surface area (Å²) < 4.78 is 5.52. The minimum atomic E-state index is 0.461. The molecule has 5 nitrogen and oxygen atoms in total. The van der Waals surface area contributed by atoms with Gasteiger partial charge in [-0.1, -0.05) is 6.92 Å². The fourth-order valence-corrected chi connectivity index (χ4v) is 1.72. The molecule has 1 fully saturated rings. The molecule has 1 aromatic rings. The van der Waals surface area contributed by atoms with Gasteiger partial charge in [-0.2, -0.15) is 0 Å². The first kappa shape index (κ1) is 12.0. The van der Waals surface area contributed by atoms with Crippen LogP contribution in [-0.4, -0.2) is 17.0 Å². The normalized spacial score (nSPS) is 16.9. The van der Waals surface area contributed by atoms with E-state index in [1.54, 1.807) is 6.20 Å². The van der Waals surface area contributed by atoms with Gasteiger partial charge in [0.25, 0.3) is 0 Å². The van der Waals surface area contributed by atoms with Crippen molar-refractivity contribution in [2.45, 2.75) is 51.6 Å². The van der Waals surface area contributed by atoms with E-state index in [2.05, 4.69) is 22.2 Å².